The molecule has 4 nitrogen and oxygen atoms in total. The summed E-state index contributed by atoms with van der Waals surface area (Å²) in [5.74, 6) is 0.300. The second-order valence-electron chi connectivity index (χ2n) is 5.16. The molecule has 5 heteroatoms. The van der Waals surface area contributed by atoms with Gasteiger partial charge in [-0.3, -0.25) is 0 Å². The Balaban J connectivity index is 2.27. The van der Waals surface area contributed by atoms with Crippen molar-refractivity contribution in [1.29, 1.82) is 0 Å². The van der Waals surface area contributed by atoms with Crippen LogP contribution >= 0.6 is 11.3 Å². The van der Waals surface area contributed by atoms with Crippen LogP contribution in [0.25, 0.3) is 0 Å². The maximum atomic E-state index is 8.69. The largest absolute Gasteiger partial charge is 0.409 e. The van der Waals surface area contributed by atoms with Gasteiger partial charge in [0.1, 0.15) is 5.84 Å². The average molecular weight is 269 g/mol. The summed E-state index contributed by atoms with van der Waals surface area (Å²) in [6, 6.07) is 4.60. The molecule has 0 aliphatic rings. The smallest absolute Gasteiger partial charge is 0.144 e. The molecule has 0 saturated heterocycles. The third-order valence-corrected chi connectivity index (χ3v) is 4.26. The van der Waals surface area contributed by atoms with Gasteiger partial charge in [0, 0.05) is 16.3 Å². The van der Waals surface area contributed by atoms with E-state index in [1.807, 2.05) is 13.8 Å². The molecule has 0 spiro atoms. The summed E-state index contributed by atoms with van der Waals surface area (Å²) in [5, 5.41) is 17.4. The highest BCUT2D eigenvalue weighted by atomic mass is 32.1. The van der Waals surface area contributed by atoms with E-state index in [0.717, 1.165) is 19.4 Å². The molecule has 0 saturated carbocycles. The molecule has 1 aromatic heterocycles. The molecule has 1 atom stereocenters. The lowest BCUT2D eigenvalue weighted by atomic mass is 9.86. The maximum absolute atomic E-state index is 8.69. The molecule has 0 bridgehead atoms. The number of rotatable bonds is 7. The summed E-state index contributed by atoms with van der Waals surface area (Å²) in [7, 11) is 0. The summed E-state index contributed by atoms with van der Waals surface area (Å²) in [5.41, 5.74) is 5.40. The van der Waals surface area contributed by atoms with Gasteiger partial charge in [0.15, 0.2) is 0 Å². The van der Waals surface area contributed by atoms with Crippen LogP contribution in [0.2, 0.25) is 0 Å². The molecule has 102 valence electrons. The van der Waals surface area contributed by atoms with Gasteiger partial charge in [0.2, 0.25) is 0 Å². The summed E-state index contributed by atoms with van der Waals surface area (Å²) in [4.78, 5) is 1.35. The van der Waals surface area contributed by atoms with Crippen LogP contribution in [-0.4, -0.2) is 17.6 Å². The van der Waals surface area contributed by atoms with Crippen LogP contribution in [0, 0.1) is 5.41 Å². The Morgan fingerprint density at radius 2 is 2.33 bits per heavy atom. The molecule has 0 radical (unpaired) electrons. The Bertz CT molecular complexity index is 374. The van der Waals surface area contributed by atoms with Crippen molar-refractivity contribution in [3.05, 3.63) is 22.4 Å². The van der Waals surface area contributed by atoms with Crippen molar-refractivity contribution >= 4 is 17.2 Å². The standard InChI is InChI=1S/C13H23N3OS/c1-10(11-6-4-9-18-11)15-8-5-7-13(2,3)12(14)16-17/h4,6,9-10,15,17H,5,7-8H2,1-3H3,(H2,14,16)/t10-/m1/s1. The summed E-state index contributed by atoms with van der Waals surface area (Å²) in [6.45, 7) is 7.08. The Hall–Kier alpha value is -1.07. The Labute approximate surface area is 113 Å². The van der Waals surface area contributed by atoms with Crippen LogP contribution in [0.1, 0.15) is 44.5 Å². The number of thiophene rings is 1. The lowest BCUT2D eigenvalue weighted by Crippen LogP contribution is -2.32. The first-order valence-corrected chi connectivity index (χ1v) is 7.10. The van der Waals surface area contributed by atoms with Crippen LogP contribution in [0.3, 0.4) is 0 Å². The van der Waals surface area contributed by atoms with E-state index >= 15 is 0 Å². The summed E-state index contributed by atoms with van der Waals surface area (Å²) in [6.07, 6.45) is 1.89. The number of hydrogen-bond acceptors (Lipinski definition) is 4. The minimum atomic E-state index is -0.247. The highest BCUT2D eigenvalue weighted by Crippen LogP contribution is 2.23. The predicted octanol–water partition coefficient (Wildman–Crippen LogP) is 2.95. The molecule has 1 aromatic rings. The van der Waals surface area contributed by atoms with Gasteiger partial charge >= 0.3 is 0 Å². The van der Waals surface area contributed by atoms with Gasteiger partial charge in [-0.15, -0.1) is 11.3 Å². The fraction of sp³-hybridized carbons (Fsp3) is 0.615. The Morgan fingerprint density at radius 3 is 2.89 bits per heavy atom. The van der Waals surface area contributed by atoms with Crippen molar-refractivity contribution in [2.45, 2.75) is 39.7 Å². The number of nitrogens with two attached hydrogens (primary N) is 1. The van der Waals surface area contributed by atoms with Crippen LogP contribution in [0.5, 0.6) is 0 Å². The molecule has 0 fully saturated rings. The molecule has 0 aliphatic heterocycles. The highest BCUT2D eigenvalue weighted by Gasteiger charge is 2.22. The summed E-state index contributed by atoms with van der Waals surface area (Å²) < 4.78 is 0. The zero-order chi connectivity index (χ0) is 13.6. The fourth-order valence-electron chi connectivity index (χ4n) is 1.75. The van der Waals surface area contributed by atoms with Crippen molar-refractivity contribution < 1.29 is 5.21 Å². The molecule has 18 heavy (non-hydrogen) atoms. The number of oxime groups is 1. The fourth-order valence-corrected chi connectivity index (χ4v) is 2.51. The van der Waals surface area contributed by atoms with Crippen LogP contribution in [0.15, 0.2) is 22.7 Å². The highest BCUT2D eigenvalue weighted by molar-refractivity contribution is 7.10. The molecule has 0 unspecified atom stereocenters. The molecule has 0 aromatic carbocycles. The van der Waals surface area contributed by atoms with Gasteiger partial charge in [-0.2, -0.15) is 0 Å². The lowest BCUT2D eigenvalue weighted by Gasteiger charge is -2.23. The first-order chi connectivity index (χ1) is 8.47. The predicted molar refractivity (Wildman–Crippen MR) is 77.2 cm³/mol. The quantitative estimate of drug-likeness (QED) is 0.234. The average Bonchev–Trinajstić information content (AvgIpc) is 2.87. The Kier molecular flexibility index (Phi) is 5.62. The molecular weight excluding hydrogens is 246 g/mol. The van der Waals surface area contributed by atoms with Crippen molar-refractivity contribution in [1.82, 2.24) is 5.32 Å². The molecule has 4 N–H and O–H groups in total. The van der Waals surface area contributed by atoms with Gasteiger partial charge in [-0.25, -0.2) is 0 Å². The second kappa shape index (κ2) is 6.75. The van der Waals surface area contributed by atoms with Gasteiger partial charge in [0.25, 0.3) is 0 Å². The molecule has 0 amide bonds. The van der Waals surface area contributed by atoms with Gasteiger partial charge in [-0.05, 0) is 37.8 Å². The van der Waals surface area contributed by atoms with E-state index in [1.54, 1.807) is 11.3 Å². The third-order valence-electron chi connectivity index (χ3n) is 3.20. The normalized spacial score (nSPS) is 14.7. The van der Waals surface area contributed by atoms with E-state index in [1.165, 1.54) is 4.88 Å². The third kappa shape index (κ3) is 4.31. The SMILES string of the molecule is C[C@@H](NCCCC(C)(C)/C(N)=N/O)c1cccs1. The van der Waals surface area contributed by atoms with Gasteiger partial charge in [0.05, 0.1) is 0 Å². The zero-order valence-corrected chi connectivity index (χ0v) is 12.1. The van der Waals surface area contributed by atoms with Crippen LogP contribution < -0.4 is 11.1 Å². The topological polar surface area (TPSA) is 70.6 Å². The minimum absolute atomic E-state index is 0.247. The monoisotopic (exact) mass is 269 g/mol. The van der Waals surface area contributed by atoms with Crippen molar-refractivity contribution in [3.63, 3.8) is 0 Å². The second-order valence-corrected chi connectivity index (χ2v) is 6.14. The first-order valence-electron chi connectivity index (χ1n) is 6.22. The van der Waals surface area contributed by atoms with Crippen molar-refractivity contribution in [3.8, 4) is 0 Å². The van der Waals surface area contributed by atoms with E-state index in [0.29, 0.717) is 11.9 Å². The number of amidine groups is 1. The number of hydrogen-bond donors (Lipinski definition) is 3. The van der Waals surface area contributed by atoms with E-state index in [-0.39, 0.29) is 5.41 Å². The van der Waals surface area contributed by atoms with Crippen molar-refractivity contribution in [2.24, 2.45) is 16.3 Å². The number of nitrogens with one attached hydrogen (secondary N) is 1. The zero-order valence-electron chi connectivity index (χ0n) is 11.3. The van der Waals surface area contributed by atoms with E-state index in [9.17, 15) is 0 Å². The summed E-state index contributed by atoms with van der Waals surface area (Å²) >= 11 is 1.77. The molecular formula is C13H23N3OS. The van der Waals surface area contributed by atoms with Crippen LogP contribution in [-0.2, 0) is 0 Å². The van der Waals surface area contributed by atoms with Crippen molar-refractivity contribution in [2.75, 3.05) is 6.54 Å². The van der Waals surface area contributed by atoms with Gasteiger partial charge < -0.3 is 16.3 Å². The van der Waals surface area contributed by atoms with Gasteiger partial charge in [-0.1, -0.05) is 25.1 Å². The van der Waals surface area contributed by atoms with Crippen LogP contribution in [0.4, 0.5) is 0 Å². The lowest BCUT2D eigenvalue weighted by molar-refractivity contribution is 0.304. The minimum Gasteiger partial charge on any atom is -0.409 e. The van der Waals surface area contributed by atoms with E-state index in [4.69, 9.17) is 10.9 Å². The van der Waals surface area contributed by atoms with E-state index in [2.05, 4.69) is 34.9 Å². The number of nitrogens with zero attached hydrogens (tertiary/aromatic N) is 1. The maximum Gasteiger partial charge on any atom is 0.144 e. The molecule has 1 heterocycles. The Morgan fingerprint density at radius 1 is 1.61 bits per heavy atom. The molecule has 0 aliphatic carbocycles. The molecule has 1 rings (SSSR count). The van der Waals surface area contributed by atoms with E-state index < -0.39 is 0 Å². The first kappa shape index (κ1) is 15.0.